The fourth-order valence-electron chi connectivity index (χ4n) is 2.63. The molecule has 0 aromatic heterocycles. The average Bonchev–Trinajstić information content (AvgIpc) is 2.46. The van der Waals surface area contributed by atoms with Crippen molar-refractivity contribution < 1.29 is 0 Å². The number of hydrogen-bond donors (Lipinski definition) is 1. The quantitative estimate of drug-likeness (QED) is 0.890. The largest absolute Gasteiger partial charge is 0.368 e. The highest BCUT2D eigenvalue weighted by Gasteiger charge is 2.14. The molecule has 0 fully saturated rings. The van der Waals surface area contributed by atoms with Crippen molar-refractivity contribution in [1.29, 1.82) is 0 Å². The van der Waals surface area contributed by atoms with E-state index in [0.717, 1.165) is 11.4 Å². The van der Waals surface area contributed by atoms with E-state index in [1.165, 1.54) is 22.4 Å². The second-order valence-electron chi connectivity index (χ2n) is 5.50. The van der Waals surface area contributed by atoms with E-state index in [9.17, 15) is 0 Å². The second kappa shape index (κ2) is 6.97. The van der Waals surface area contributed by atoms with Crippen LogP contribution in [0.3, 0.4) is 0 Å². The molecule has 0 bridgehead atoms. The molecule has 0 radical (unpaired) electrons. The molecule has 0 saturated heterocycles. The van der Waals surface area contributed by atoms with Crippen LogP contribution in [0.25, 0.3) is 0 Å². The molecule has 2 rings (SSSR count). The molecule has 21 heavy (non-hydrogen) atoms. The van der Waals surface area contributed by atoms with E-state index in [0.29, 0.717) is 6.54 Å². The van der Waals surface area contributed by atoms with E-state index < -0.39 is 0 Å². The number of hydrogen-bond acceptors (Lipinski definition) is 2. The lowest BCUT2D eigenvalue weighted by Gasteiger charge is -2.29. The Morgan fingerprint density at radius 2 is 1.95 bits per heavy atom. The van der Waals surface area contributed by atoms with Crippen molar-refractivity contribution in [2.75, 3.05) is 18.5 Å². The Labute approximate surface area is 132 Å². The predicted molar refractivity (Wildman–Crippen MR) is 92.2 cm³/mol. The predicted octanol–water partition coefficient (Wildman–Crippen LogP) is 4.35. The molecule has 1 atom stereocenters. The van der Waals surface area contributed by atoms with Crippen molar-refractivity contribution in [2.24, 2.45) is 5.73 Å². The van der Waals surface area contributed by atoms with E-state index in [1.54, 1.807) is 0 Å². The first-order chi connectivity index (χ1) is 10.0. The van der Waals surface area contributed by atoms with Crippen molar-refractivity contribution >= 4 is 17.3 Å². The summed E-state index contributed by atoms with van der Waals surface area (Å²) < 4.78 is 0. The summed E-state index contributed by atoms with van der Waals surface area (Å²) in [6.45, 7) is 5.03. The van der Waals surface area contributed by atoms with Gasteiger partial charge in [-0.15, -0.1) is 0 Å². The van der Waals surface area contributed by atoms with Crippen LogP contribution >= 0.6 is 11.6 Å². The minimum absolute atomic E-state index is 0.266. The van der Waals surface area contributed by atoms with Crippen molar-refractivity contribution in [1.82, 2.24) is 0 Å². The zero-order chi connectivity index (χ0) is 15.4. The van der Waals surface area contributed by atoms with Crippen LogP contribution in [0.15, 0.2) is 42.5 Å². The third-order valence-electron chi connectivity index (χ3n) is 3.99. The van der Waals surface area contributed by atoms with Gasteiger partial charge in [0.25, 0.3) is 0 Å². The van der Waals surface area contributed by atoms with Crippen molar-refractivity contribution in [3.63, 3.8) is 0 Å². The first-order valence-electron chi connectivity index (χ1n) is 7.31. The van der Waals surface area contributed by atoms with Crippen LogP contribution in [-0.2, 0) is 6.42 Å². The van der Waals surface area contributed by atoms with Gasteiger partial charge in [0.2, 0.25) is 0 Å². The Bertz CT molecular complexity index is 610. The molecule has 2 N–H and O–H groups in total. The summed E-state index contributed by atoms with van der Waals surface area (Å²) in [5.74, 6) is 0. The maximum Gasteiger partial charge on any atom is 0.0511 e. The lowest BCUT2D eigenvalue weighted by atomic mass is 10.0. The maximum atomic E-state index is 6.10. The van der Waals surface area contributed by atoms with Crippen molar-refractivity contribution in [3.05, 3.63) is 64.2 Å². The first-order valence-corrected chi connectivity index (χ1v) is 7.68. The van der Waals surface area contributed by atoms with E-state index in [1.807, 2.05) is 18.2 Å². The second-order valence-corrected chi connectivity index (χ2v) is 5.94. The number of anilines is 1. The summed E-state index contributed by atoms with van der Waals surface area (Å²) in [6, 6.07) is 14.9. The minimum Gasteiger partial charge on any atom is -0.368 e. The minimum atomic E-state index is 0.266. The van der Waals surface area contributed by atoms with Crippen LogP contribution in [0.1, 0.15) is 29.7 Å². The zero-order valence-electron chi connectivity index (χ0n) is 12.9. The highest BCUT2D eigenvalue weighted by atomic mass is 35.5. The van der Waals surface area contributed by atoms with E-state index in [-0.39, 0.29) is 6.04 Å². The molecule has 0 aliphatic rings. The monoisotopic (exact) mass is 302 g/mol. The molecular weight excluding hydrogens is 280 g/mol. The van der Waals surface area contributed by atoms with Crippen molar-refractivity contribution in [2.45, 2.75) is 26.3 Å². The third-order valence-corrected chi connectivity index (χ3v) is 4.22. The first kappa shape index (κ1) is 15.9. The number of halogens is 1. The summed E-state index contributed by atoms with van der Waals surface area (Å²) in [4.78, 5) is 2.28. The summed E-state index contributed by atoms with van der Waals surface area (Å²) in [7, 11) is 2.12. The summed E-state index contributed by atoms with van der Waals surface area (Å²) in [6.07, 6.45) is 0.925. The fourth-order valence-corrected chi connectivity index (χ4v) is 2.83. The summed E-state index contributed by atoms with van der Waals surface area (Å²) >= 11 is 6.10. The van der Waals surface area contributed by atoms with Crippen molar-refractivity contribution in [3.8, 4) is 0 Å². The van der Waals surface area contributed by atoms with Crippen LogP contribution in [0.5, 0.6) is 0 Å². The molecule has 2 aromatic carbocycles. The Kier molecular flexibility index (Phi) is 5.27. The molecule has 0 aliphatic heterocycles. The number of aryl methyl sites for hydroxylation is 1. The SMILES string of the molecule is Cc1cc(CCN)ccc1N(C)C(C)c1cccc(Cl)c1. The fraction of sp³-hybridized carbons (Fsp3) is 0.333. The molecule has 0 amide bonds. The van der Waals surface area contributed by atoms with Gasteiger partial charge < -0.3 is 10.6 Å². The standard InChI is InChI=1S/C18H23ClN2/c1-13-11-15(9-10-20)7-8-18(13)21(3)14(2)16-5-4-6-17(19)12-16/h4-8,11-12,14H,9-10,20H2,1-3H3. The topological polar surface area (TPSA) is 29.3 Å². The van der Waals surface area contributed by atoms with Gasteiger partial charge in [0, 0.05) is 17.8 Å². The molecule has 112 valence electrons. The molecular formula is C18H23ClN2. The normalized spacial score (nSPS) is 12.2. The van der Waals surface area contributed by atoms with Gasteiger partial charge in [0.05, 0.1) is 6.04 Å². The van der Waals surface area contributed by atoms with E-state index in [4.69, 9.17) is 17.3 Å². The Morgan fingerprint density at radius 3 is 2.57 bits per heavy atom. The molecule has 1 unspecified atom stereocenters. The van der Waals surface area contributed by atoms with Gasteiger partial charge in [-0.05, 0) is 61.7 Å². The summed E-state index contributed by atoms with van der Waals surface area (Å²) in [5, 5.41) is 0.780. The Hall–Kier alpha value is -1.51. The number of nitrogens with zero attached hydrogens (tertiary/aromatic N) is 1. The van der Waals surface area contributed by atoms with E-state index in [2.05, 4.69) is 50.1 Å². The van der Waals surface area contributed by atoms with Gasteiger partial charge in [0.1, 0.15) is 0 Å². The molecule has 0 heterocycles. The Morgan fingerprint density at radius 1 is 1.19 bits per heavy atom. The lowest BCUT2D eigenvalue weighted by molar-refractivity contribution is 0.737. The molecule has 0 spiro atoms. The van der Waals surface area contributed by atoms with Gasteiger partial charge in [-0.3, -0.25) is 0 Å². The van der Waals surface area contributed by atoms with Gasteiger partial charge in [-0.25, -0.2) is 0 Å². The molecule has 0 aliphatic carbocycles. The lowest BCUT2D eigenvalue weighted by Crippen LogP contribution is -2.22. The maximum absolute atomic E-state index is 6.10. The zero-order valence-corrected chi connectivity index (χ0v) is 13.7. The van der Waals surface area contributed by atoms with Crippen LogP contribution in [0, 0.1) is 6.92 Å². The Balaban J connectivity index is 2.25. The molecule has 3 heteroatoms. The van der Waals surface area contributed by atoms with Crippen LogP contribution in [-0.4, -0.2) is 13.6 Å². The van der Waals surface area contributed by atoms with Gasteiger partial charge in [0.15, 0.2) is 0 Å². The van der Waals surface area contributed by atoms with Crippen LogP contribution in [0.4, 0.5) is 5.69 Å². The molecule has 0 saturated carbocycles. The highest BCUT2D eigenvalue weighted by Crippen LogP contribution is 2.29. The van der Waals surface area contributed by atoms with Crippen LogP contribution in [0.2, 0.25) is 5.02 Å². The average molecular weight is 303 g/mol. The van der Waals surface area contributed by atoms with Crippen LogP contribution < -0.4 is 10.6 Å². The van der Waals surface area contributed by atoms with Gasteiger partial charge in [-0.2, -0.15) is 0 Å². The molecule has 2 nitrogen and oxygen atoms in total. The summed E-state index contributed by atoms with van der Waals surface area (Å²) in [5.41, 5.74) is 10.7. The third kappa shape index (κ3) is 3.78. The van der Waals surface area contributed by atoms with E-state index >= 15 is 0 Å². The smallest absolute Gasteiger partial charge is 0.0511 e. The van der Waals surface area contributed by atoms with Gasteiger partial charge in [-0.1, -0.05) is 35.9 Å². The highest BCUT2D eigenvalue weighted by molar-refractivity contribution is 6.30. The molecule has 2 aromatic rings. The van der Waals surface area contributed by atoms with Gasteiger partial charge >= 0.3 is 0 Å². The number of benzene rings is 2. The number of rotatable bonds is 5. The number of nitrogens with two attached hydrogens (primary N) is 1.